The Morgan fingerprint density at radius 2 is 2.12 bits per heavy atom. The molecule has 0 amide bonds. The van der Waals surface area contributed by atoms with Gasteiger partial charge in [-0.3, -0.25) is 4.79 Å². The Morgan fingerprint density at radius 1 is 1.31 bits per heavy atom. The molecule has 4 heteroatoms. The molecule has 0 bridgehead atoms. The van der Waals surface area contributed by atoms with Crippen LogP contribution in [0.5, 0.6) is 0 Å². The predicted molar refractivity (Wildman–Crippen MR) is 68.2 cm³/mol. The molecule has 0 spiro atoms. The van der Waals surface area contributed by atoms with Crippen LogP contribution in [0.15, 0.2) is 16.8 Å². The molecular weight excluding hydrogens is 244 g/mol. The van der Waals surface area contributed by atoms with Gasteiger partial charge in [0.15, 0.2) is 0 Å². The fourth-order valence-electron chi connectivity index (χ4n) is 1.35. The van der Waals surface area contributed by atoms with Crippen molar-refractivity contribution < 1.29 is 9.53 Å². The number of esters is 1. The zero-order valence-electron chi connectivity index (χ0n) is 9.28. The lowest BCUT2D eigenvalue weighted by Gasteiger charge is -2.03. The molecule has 0 aliphatic heterocycles. The van der Waals surface area contributed by atoms with Crippen molar-refractivity contribution in [2.24, 2.45) is 0 Å². The zero-order chi connectivity index (χ0) is 11.6. The largest absolute Gasteiger partial charge is 0.465 e. The van der Waals surface area contributed by atoms with Crippen molar-refractivity contribution in [1.29, 1.82) is 0 Å². The van der Waals surface area contributed by atoms with Crippen molar-refractivity contribution in [3.63, 3.8) is 0 Å². The molecule has 0 aliphatic carbocycles. The molecule has 1 rings (SSSR count). The SMILES string of the molecule is O=C(Cc1ccsc1)OCCCCCCCl. The number of hydrogen-bond acceptors (Lipinski definition) is 3. The van der Waals surface area contributed by atoms with Crippen LogP contribution >= 0.6 is 22.9 Å². The van der Waals surface area contributed by atoms with Gasteiger partial charge in [-0.25, -0.2) is 0 Å². The van der Waals surface area contributed by atoms with E-state index in [-0.39, 0.29) is 5.97 Å². The smallest absolute Gasteiger partial charge is 0.310 e. The quantitative estimate of drug-likeness (QED) is 0.405. The first kappa shape index (κ1) is 13.5. The van der Waals surface area contributed by atoms with Crippen molar-refractivity contribution >= 4 is 28.9 Å². The van der Waals surface area contributed by atoms with Crippen molar-refractivity contribution in [3.8, 4) is 0 Å². The zero-order valence-corrected chi connectivity index (χ0v) is 10.9. The van der Waals surface area contributed by atoms with Crippen molar-refractivity contribution in [2.75, 3.05) is 12.5 Å². The summed E-state index contributed by atoms with van der Waals surface area (Å²) in [5.41, 5.74) is 1.04. The van der Waals surface area contributed by atoms with E-state index in [9.17, 15) is 4.79 Å². The van der Waals surface area contributed by atoms with E-state index in [1.165, 1.54) is 0 Å². The standard InChI is InChI=1S/C12H17ClO2S/c13-6-3-1-2-4-7-15-12(14)9-11-5-8-16-10-11/h5,8,10H,1-4,6-7,9H2. The van der Waals surface area contributed by atoms with Crippen molar-refractivity contribution in [2.45, 2.75) is 32.1 Å². The van der Waals surface area contributed by atoms with Crippen LogP contribution in [0.3, 0.4) is 0 Å². The minimum Gasteiger partial charge on any atom is -0.465 e. The molecule has 0 aliphatic rings. The number of ether oxygens (including phenoxy) is 1. The maximum absolute atomic E-state index is 11.4. The topological polar surface area (TPSA) is 26.3 Å². The second kappa shape index (κ2) is 8.59. The van der Waals surface area contributed by atoms with Gasteiger partial charge in [0.05, 0.1) is 13.0 Å². The summed E-state index contributed by atoms with van der Waals surface area (Å²) in [5, 5.41) is 3.94. The summed E-state index contributed by atoms with van der Waals surface area (Å²) in [6, 6.07) is 1.95. The summed E-state index contributed by atoms with van der Waals surface area (Å²) in [7, 11) is 0. The molecule has 2 nitrogen and oxygen atoms in total. The molecule has 0 N–H and O–H groups in total. The molecular formula is C12H17ClO2S. The number of carbonyl (C=O) groups is 1. The second-order valence-electron chi connectivity index (χ2n) is 3.63. The number of rotatable bonds is 8. The van der Waals surface area contributed by atoms with Gasteiger partial charge in [0, 0.05) is 5.88 Å². The Morgan fingerprint density at radius 3 is 2.81 bits per heavy atom. The van der Waals surface area contributed by atoms with Crippen molar-refractivity contribution in [1.82, 2.24) is 0 Å². The summed E-state index contributed by atoms with van der Waals surface area (Å²) in [6.07, 6.45) is 4.58. The first-order chi connectivity index (χ1) is 7.83. The minimum atomic E-state index is -0.129. The van der Waals surface area contributed by atoms with Crippen LogP contribution in [0, 0.1) is 0 Å². The highest BCUT2D eigenvalue weighted by molar-refractivity contribution is 7.07. The number of halogens is 1. The van der Waals surface area contributed by atoms with Gasteiger partial charge in [-0.2, -0.15) is 11.3 Å². The first-order valence-corrected chi connectivity index (χ1v) is 7.03. The van der Waals surface area contributed by atoms with Crippen LogP contribution in [0.25, 0.3) is 0 Å². The fraction of sp³-hybridized carbons (Fsp3) is 0.583. The monoisotopic (exact) mass is 260 g/mol. The van der Waals surface area contributed by atoms with Crippen LogP contribution in [-0.2, 0) is 16.0 Å². The lowest BCUT2D eigenvalue weighted by molar-refractivity contribution is -0.142. The maximum atomic E-state index is 11.4. The lowest BCUT2D eigenvalue weighted by atomic mass is 10.2. The van der Waals surface area contributed by atoms with Crippen LogP contribution in [0.4, 0.5) is 0 Å². The highest BCUT2D eigenvalue weighted by atomic mass is 35.5. The molecule has 1 aromatic rings. The third-order valence-electron chi connectivity index (χ3n) is 2.22. The van der Waals surface area contributed by atoms with Gasteiger partial charge >= 0.3 is 5.97 Å². The normalized spacial score (nSPS) is 10.3. The van der Waals surface area contributed by atoms with Gasteiger partial charge in [-0.05, 0) is 35.2 Å². The van der Waals surface area contributed by atoms with E-state index in [1.54, 1.807) is 11.3 Å². The third-order valence-corrected chi connectivity index (χ3v) is 3.22. The van der Waals surface area contributed by atoms with Gasteiger partial charge in [-0.15, -0.1) is 11.6 Å². The van der Waals surface area contributed by atoms with Gasteiger partial charge in [0.2, 0.25) is 0 Å². The molecule has 0 saturated heterocycles. The molecule has 1 heterocycles. The van der Waals surface area contributed by atoms with Gasteiger partial charge in [0.1, 0.15) is 0 Å². The Balaban J connectivity index is 1.98. The Kier molecular flexibility index (Phi) is 7.26. The van der Waals surface area contributed by atoms with E-state index in [1.807, 2.05) is 16.8 Å². The van der Waals surface area contributed by atoms with Crippen LogP contribution in [0.1, 0.15) is 31.2 Å². The number of thiophene rings is 1. The number of unbranched alkanes of at least 4 members (excludes halogenated alkanes) is 3. The van der Waals surface area contributed by atoms with E-state index < -0.39 is 0 Å². The Hall–Kier alpha value is -0.540. The first-order valence-electron chi connectivity index (χ1n) is 5.55. The highest BCUT2D eigenvalue weighted by Gasteiger charge is 2.04. The number of alkyl halides is 1. The minimum absolute atomic E-state index is 0.129. The highest BCUT2D eigenvalue weighted by Crippen LogP contribution is 2.07. The molecule has 16 heavy (non-hydrogen) atoms. The number of hydrogen-bond donors (Lipinski definition) is 0. The second-order valence-corrected chi connectivity index (χ2v) is 4.79. The molecule has 1 aromatic heterocycles. The van der Waals surface area contributed by atoms with Gasteiger partial charge in [-0.1, -0.05) is 12.8 Å². The molecule has 0 saturated carbocycles. The average Bonchev–Trinajstić information content (AvgIpc) is 2.76. The van der Waals surface area contributed by atoms with E-state index in [0.717, 1.165) is 37.1 Å². The molecule has 90 valence electrons. The molecule has 0 unspecified atom stereocenters. The summed E-state index contributed by atoms with van der Waals surface area (Å²) in [5.74, 6) is 0.591. The number of carbonyl (C=O) groups excluding carboxylic acids is 1. The predicted octanol–water partition coefficient (Wildman–Crippen LogP) is 3.63. The summed E-state index contributed by atoms with van der Waals surface area (Å²) in [4.78, 5) is 11.4. The summed E-state index contributed by atoms with van der Waals surface area (Å²) in [6.45, 7) is 0.533. The maximum Gasteiger partial charge on any atom is 0.310 e. The summed E-state index contributed by atoms with van der Waals surface area (Å²) < 4.78 is 5.13. The van der Waals surface area contributed by atoms with E-state index in [4.69, 9.17) is 16.3 Å². The van der Waals surface area contributed by atoms with E-state index in [2.05, 4.69) is 0 Å². The van der Waals surface area contributed by atoms with E-state index >= 15 is 0 Å². The van der Waals surface area contributed by atoms with Crippen LogP contribution < -0.4 is 0 Å². The third kappa shape index (κ3) is 6.13. The van der Waals surface area contributed by atoms with Crippen LogP contribution in [0.2, 0.25) is 0 Å². The van der Waals surface area contributed by atoms with Gasteiger partial charge < -0.3 is 4.74 Å². The molecule has 0 radical (unpaired) electrons. The molecule has 0 fully saturated rings. The fourth-order valence-corrected chi connectivity index (χ4v) is 2.20. The van der Waals surface area contributed by atoms with Crippen LogP contribution in [-0.4, -0.2) is 18.5 Å². The van der Waals surface area contributed by atoms with E-state index in [0.29, 0.717) is 13.0 Å². The average molecular weight is 261 g/mol. The Labute approximate surface area is 106 Å². The molecule has 0 atom stereocenters. The summed E-state index contributed by atoms with van der Waals surface area (Å²) >= 11 is 7.16. The molecule has 0 aromatic carbocycles. The lowest BCUT2D eigenvalue weighted by Crippen LogP contribution is -2.08. The Bertz CT molecular complexity index is 285. The van der Waals surface area contributed by atoms with Gasteiger partial charge in [0.25, 0.3) is 0 Å². The van der Waals surface area contributed by atoms with Crippen molar-refractivity contribution in [3.05, 3.63) is 22.4 Å².